The molecule has 0 atom stereocenters. The summed E-state index contributed by atoms with van der Waals surface area (Å²) in [6.07, 6.45) is 3.05. The van der Waals surface area contributed by atoms with E-state index >= 15 is 0 Å². The smallest absolute Gasteiger partial charge is 0.259 e. The lowest BCUT2D eigenvalue weighted by Crippen LogP contribution is -2.16. The molecule has 0 radical (unpaired) electrons. The summed E-state index contributed by atoms with van der Waals surface area (Å²) in [5.74, 6) is 0.221. The fourth-order valence-corrected chi connectivity index (χ4v) is 1.76. The molecular weight excluding hydrogens is 256 g/mol. The maximum atomic E-state index is 12.3. The third-order valence-corrected chi connectivity index (χ3v) is 2.65. The Balaban J connectivity index is 1.93. The van der Waals surface area contributed by atoms with Gasteiger partial charge >= 0.3 is 0 Å². The molecule has 0 saturated carbocycles. The van der Waals surface area contributed by atoms with Crippen LogP contribution in [0.2, 0.25) is 0 Å². The predicted molar refractivity (Wildman–Crippen MR) is 71.3 cm³/mol. The van der Waals surface area contributed by atoms with E-state index in [9.17, 15) is 4.79 Å². The number of pyridine rings is 1. The standard InChI is InChI=1S/C13H10N6O/c20-13(16-12-7-3-4-8-14-12)10-5-1-2-6-11(10)19-9-15-17-18-19/h1-9H,(H,14,16,20). The van der Waals surface area contributed by atoms with Crippen LogP contribution in [0, 0.1) is 0 Å². The lowest BCUT2D eigenvalue weighted by Gasteiger charge is -2.08. The third-order valence-electron chi connectivity index (χ3n) is 2.65. The number of aromatic nitrogens is 5. The Morgan fingerprint density at radius 3 is 2.70 bits per heavy atom. The monoisotopic (exact) mass is 266 g/mol. The molecule has 3 rings (SSSR count). The fraction of sp³-hybridized carbons (Fsp3) is 0. The molecule has 0 spiro atoms. The molecule has 2 heterocycles. The van der Waals surface area contributed by atoms with Crippen LogP contribution < -0.4 is 5.32 Å². The van der Waals surface area contributed by atoms with E-state index in [0.29, 0.717) is 17.1 Å². The number of amides is 1. The number of benzene rings is 1. The van der Waals surface area contributed by atoms with Gasteiger partial charge in [-0.05, 0) is 34.7 Å². The molecular formula is C13H10N6O. The Kier molecular flexibility index (Phi) is 3.15. The first-order valence-electron chi connectivity index (χ1n) is 5.89. The van der Waals surface area contributed by atoms with Crippen LogP contribution in [0.3, 0.4) is 0 Å². The summed E-state index contributed by atoms with van der Waals surface area (Å²) in [6, 6.07) is 12.4. The van der Waals surface area contributed by atoms with Gasteiger partial charge in [0.1, 0.15) is 12.1 Å². The van der Waals surface area contributed by atoms with Crippen molar-refractivity contribution in [3.63, 3.8) is 0 Å². The van der Waals surface area contributed by atoms with Crippen molar-refractivity contribution in [3.05, 3.63) is 60.6 Å². The van der Waals surface area contributed by atoms with Crippen LogP contribution in [0.5, 0.6) is 0 Å². The molecule has 0 unspecified atom stereocenters. The summed E-state index contributed by atoms with van der Waals surface area (Å²) in [5, 5.41) is 13.7. The quantitative estimate of drug-likeness (QED) is 0.772. The van der Waals surface area contributed by atoms with Crippen LogP contribution in [0.1, 0.15) is 10.4 Å². The average Bonchev–Trinajstić information content (AvgIpc) is 3.02. The number of rotatable bonds is 3. The van der Waals surface area contributed by atoms with E-state index in [1.807, 2.05) is 6.07 Å². The Morgan fingerprint density at radius 2 is 1.95 bits per heavy atom. The van der Waals surface area contributed by atoms with Gasteiger partial charge in [-0.2, -0.15) is 4.68 Å². The topological polar surface area (TPSA) is 85.6 Å². The molecule has 1 amide bonds. The number of anilines is 1. The van der Waals surface area contributed by atoms with E-state index in [0.717, 1.165) is 0 Å². The number of tetrazole rings is 1. The second kappa shape index (κ2) is 5.27. The van der Waals surface area contributed by atoms with Crippen molar-refractivity contribution in [2.45, 2.75) is 0 Å². The Labute approximate surface area is 114 Å². The molecule has 0 aliphatic carbocycles. The van der Waals surface area contributed by atoms with Crippen LogP contribution in [-0.2, 0) is 0 Å². The molecule has 7 nitrogen and oxygen atoms in total. The van der Waals surface area contributed by atoms with Gasteiger partial charge in [-0.25, -0.2) is 4.98 Å². The van der Waals surface area contributed by atoms with Gasteiger partial charge in [0.25, 0.3) is 5.91 Å². The van der Waals surface area contributed by atoms with E-state index < -0.39 is 0 Å². The van der Waals surface area contributed by atoms with Gasteiger partial charge in [0.15, 0.2) is 0 Å². The highest BCUT2D eigenvalue weighted by Gasteiger charge is 2.13. The van der Waals surface area contributed by atoms with E-state index in [1.165, 1.54) is 11.0 Å². The molecule has 20 heavy (non-hydrogen) atoms. The highest BCUT2D eigenvalue weighted by atomic mass is 16.1. The average molecular weight is 266 g/mol. The van der Waals surface area contributed by atoms with Crippen molar-refractivity contribution in [2.24, 2.45) is 0 Å². The fourth-order valence-electron chi connectivity index (χ4n) is 1.76. The van der Waals surface area contributed by atoms with Crippen LogP contribution in [0.4, 0.5) is 5.82 Å². The molecule has 7 heteroatoms. The molecule has 2 aromatic heterocycles. The summed E-state index contributed by atoms with van der Waals surface area (Å²) in [5.41, 5.74) is 1.07. The molecule has 1 N–H and O–H groups in total. The highest BCUT2D eigenvalue weighted by molar-refractivity contribution is 6.06. The van der Waals surface area contributed by atoms with Crippen molar-refractivity contribution >= 4 is 11.7 Å². The lowest BCUT2D eigenvalue weighted by atomic mass is 10.1. The maximum absolute atomic E-state index is 12.3. The first-order valence-corrected chi connectivity index (χ1v) is 5.89. The summed E-state index contributed by atoms with van der Waals surface area (Å²) in [7, 11) is 0. The zero-order valence-electron chi connectivity index (χ0n) is 10.3. The summed E-state index contributed by atoms with van der Waals surface area (Å²) < 4.78 is 1.44. The van der Waals surface area contributed by atoms with E-state index in [4.69, 9.17) is 0 Å². The number of hydrogen-bond donors (Lipinski definition) is 1. The van der Waals surface area contributed by atoms with Crippen molar-refractivity contribution < 1.29 is 4.79 Å². The Bertz CT molecular complexity index is 711. The van der Waals surface area contributed by atoms with Crippen molar-refractivity contribution in [1.82, 2.24) is 25.2 Å². The van der Waals surface area contributed by atoms with E-state index in [1.54, 1.807) is 42.6 Å². The minimum absolute atomic E-state index is 0.269. The zero-order chi connectivity index (χ0) is 13.8. The maximum Gasteiger partial charge on any atom is 0.259 e. The molecule has 1 aromatic carbocycles. The number of nitrogens with zero attached hydrogens (tertiary/aromatic N) is 5. The molecule has 0 aliphatic heterocycles. The molecule has 0 aliphatic rings. The lowest BCUT2D eigenvalue weighted by molar-refractivity contribution is 0.102. The van der Waals surface area contributed by atoms with Crippen LogP contribution in [0.15, 0.2) is 55.0 Å². The summed E-state index contributed by atoms with van der Waals surface area (Å²) in [6.45, 7) is 0. The summed E-state index contributed by atoms with van der Waals surface area (Å²) >= 11 is 0. The first kappa shape index (κ1) is 12.0. The van der Waals surface area contributed by atoms with Gasteiger partial charge in [0, 0.05) is 6.20 Å². The Morgan fingerprint density at radius 1 is 1.10 bits per heavy atom. The van der Waals surface area contributed by atoms with E-state index in [-0.39, 0.29) is 5.91 Å². The van der Waals surface area contributed by atoms with E-state index in [2.05, 4.69) is 25.8 Å². The predicted octanol–water partition coefficient (Wildman–Crippen LogP) is 1.31. The minimum Gasteiger partial charge on any atom is -0.306 e. The number of para-hydroxylation sites is 1. The number of nitrogens with one attached hydrogen (secondary N) is 1. The summed E-state index contributed by atoms with van der Waals surface area (Å²) in [4.78, 5) is 16.4. The molecule has 0 bridgehead atoms. The highest BCUT2D eigenvalue weighted by Crippen LogP contribution is 2.14. The van der Waals surface area contributed by atoms with Crippen LogP contribution >= 0.6 is 0 Å². The van der Waals surface area contributed by atoms with Crippen molar-refractivity contribution in [3.8, 4) is 5.69 Å². The SMILES string of the molecule is O=C(Nc1ccccn1)c1ccccc1-n1cnnn1. The zero-order valence-corrected chi connectivity index (χ0v) is 10.3. The van der Waals surface area contributed by atoms with Gasteiger partial charge in [-0.3, -0.25) is 4.79 Å². The van der Waals surface area contributed by atoms with Gasteiger partial charge in [0.2, 0.25) is 0 Å². The molecule has 3 aromatic rings. The van der Waals surface area contributed by atoms with Gasteiger partial charge in [-0.15, -0.1) is 5.10 Å². The number of hydrogen-bond acceptors (Lipinski definition) is 5. The largest absolute Gasteiger partial charge is 0.306 e. The van der Waals surface area contributed by atoms with Crippen LogP contribution in [0.25, 0.3) is 5.69 Å². The second-order valence-electron chi connectivity index (χ2n) is 3.94. The number of carbonyl (C=O) groups is 1. The van der Waals surface area contributed by atoms with Crippen LogP contribution in [-0.4, -0.2) is 31.1 Å². The number of carbonyl (C=O) groups excluding carboxylic acids is 1. The molecule has 0 fully saturated rings. The van der Waals surface area contributed by atoms with Gasteiger partial charge in [-0.1, -0.05) is 18.2 Å². The van der Waals surface area contributed by atoms with Crippen molar-refractivity contribution in [1.29, 1.82) is 0 Å². The van der Waals surface area contributed by atoms with Gasteiger partial charge in [0.05, 0.1) is 11.3 Å². The normalized spacial score (nSPS) is 10.2. The third kappa shape index (κ3) is 2.37. The first-order chi connectivity index (χ1) is 9.84. The van der Waals surface area contributed by atoms with Crippen molar-refractivity contribution in [2.75, 3.05) is 5.32 Å². The molecule has 0 saturated heterocycles. The molecule has 98 valence electrons. The van der Waals surface area contributed by atoms with Gasteiger partial charge < -0.3 is 5.32 Å². The Hall–Kier alpha value is -3.09. The second-order valence-corrected chi connectivity index (χ2v) is 3.94. The minimum atomic E-state index is -0.269.